The number of sulfonamides is 1. The van der Waals surface area contributed by atoms with E-state index in [0.717, 1.165) is 12.0 Å². The van der Waals surface area contributed by atoms with Crippen LogP contribution in [-0.2, 0) is 16.6 Å². The highest BCUT2D eigenvalue weighted by atomic mass is 32.2. The van der Waals surface area contributed by atoms with Crippen LogP contribution in [0.25, 0.3) is 0 Å². The van der Waals surface area contributed by atoms with Gasteiger partial charge in [-0.25, -0.2) is 8.42 Å². The fourth-order valence-corrected chi connectivity index (χ4v) is 5.05. The molecule has 2 aliphatic heterocycles. The van der Waals surface area contributed by atoms with Crippen molar-refractivity contribution in [3.8, 4) is 11.5 Å². The molecule has 2 aromatic carbocycles. The molecule has 30 heavy (non-hydrogen) atoms. The van der Waals surface area contributed by atoms with Crippen LogP contribution in [0, 0.1) is 10.1 Å². The van der Waals surface area contributed by atoms with Crippen LogP contribution in [0.3, 0.4) is 0 Å². The van der Waals surface area contributed by atoms with Gasteiger partial charge in [0.2, 0.25) is 10.0 Å². The molecule has 0 N–H and O–H groups in total. The third kappa shape index (κ3) is 4.40. The normalized spacial score (nSPS) is 18.0. The number of fused-ring (bicyclic) bond motifs is 1. The summed E-state index contributed by atoms with van der Waals surface area (Å²) < 4.78 is 38.8. The zero-order valence-corrected chi connectivity index (χ0v) is 17.2. The fourth-order valence-electron chi connectivity index (χ4n) is 3.61. The Bertz CT molecular complexity index is 1030. The lowest BCUT2D eigenvalue weighted by Crippen LogP contribution is -2.48. The number of nitrogens with zero attached hydrogens (tertiary/aromatic N) is 3. The molecule has 0 spiro atoms. The van der Waals surface area contributed by atoms with Crippen molar-refractivity contribution < 1.29 is 22.8 Å². The number of hydrogen-bond donors (Lipinski definition) is 0. The zero-order chi connectivity index (χ0) is 21.1. The van der Waals surface area contributed by atoms with E-state index >= 15 is 0 Å². The van der Waals surface area contributed by atoms with Gasteiger partial charge in [-0.05, 0) is 17.7 Å². The molecule has 0 bridgehead atoms. The summed E-state index contributed by atoms with van der Waals surface area (Å²) in [6, 6.07) is 11.3. The summed E-state index contributed by atoms with van der Waals surface area (Å²) >= 11 is 0. The molecule has 1 saturated heterocycles. The van der Waals surface area contributed by atoms with Crippen molar-refractivity contribution in [2.24, 2.45) is 0 Å². The first-order valence-corrected chi connectivity index (χ1v) is 11.2. The number of hydrogen-bond acceptors (Lipinski definition) is 7. The third-order valence-corrected chi connectivity index (χ3v) is 7.11. The number of non-ortho nitro benzene ring substituents is 1. The first-order chi connectivity index (χ1) is 14.4. The SMILES string of the molecule is O=[N+]([O-])c1cccc(CN2CCN(S(=O)(=O)c3ccc4c(c3)OCCCO4)CC2)c1. The van der Waals surface area contributed by atoms with Gasteiger partial charge in [0.05, 0.1) is 23.0 Å². The number of nitro groups is 1. The second kappa shape index (κ2) is 8.58. The highest BCUT2D eigenvalue weighted by Gasteiger charge is 2.29. The van der Waals surface area contributed by atoms with Gasteiger partial charge in [0.15, 0.2) is 11.5 Å². The third-order valence-electron chi connectivity index (χ3n) is 5.22. The van der Waals surface area contributed by atoms with Gasteiger partial charge < -0.3 is 9.47 Å². The molecule has 0 atom stereocenters. The molecule has 160 valence electrons. The first-order valence-electron chi connectivity index (χ1n) is 9.79. The van der Waals surface area contributed by atoms with E-state index in [9.17, 15) is 18.5 Å². The van der Waals surface area contributed by atoms with Crippen LogP contribution in [0.1, 0.15) is 12.0 Å². The lowest BCUT2D eigenvalue weighted by Gasteiger charge is -2.34. The predicted octanol–water partition coefficient (Wildman–Crippen LogP) is 2.26. The minimum Gasteiger partial charge on any atom is -0.490 e. The maximum Gasteiger partial charge on any atom is 0.269 e. The predicted molar refractivity (Wildman–Crippen MR) is 109 cm³/mol. The van der Waals surface area contributed by atoms with Gasteiger partial charge >= 0.3 is 0 Å². The first kappa shape index (κ1) is 20.6. The van der Waals surface area contributed by atoms with Crippen molar-refractivity contribution in [2.45, 2.75) is 17.9 Å². The van der Waals surface area contributed by atoms with Crippen molar-refractivity contribution in [3.63, 3.8) is 0 Å². The highest BCUT2D eigenvalue weighted by molar-refractivity contribution is 7.89. The number of ether oxygens (including phenoxy) is 2. The molecule has 4 rings (SSSR count). The van der Waals surface area contributed by atoms with E-state index in [0.29, 0.717) is 57.4 Å². The van der Waals surface area contributed by atoms with Crippen LogP contribution in [-0.4, -0.2) is 61.9 Å². The van der Waals surface area contributed by atoms with Crippen LogP contribution in [0.15, 0.2) is 47.4 Å². The van der Waals surface area contributed by atoms with Gasteiger partial charge in [-0.15, -0.1) is 0 Å². The monoisotopic (exact) mass is 433 g/mol. The summed E-state index contributed by atoms with van der Waals surface area (Å²) in [6.45, 7) is 3.38. The van der Waals surface area contributed by atoms with E-state index in [2.05, 4.69) is 4.90 Å². The Hall–Kier alpha value is -2.69. The largest absolute Gasteiger partial charge is 0.490 e. The Balaban J connectivity index is 1.41. The molecule has 0 aromatic heterocycles. The Morgan fingerprint density at radius 2 is 1.70 bits per heavy atom. The van der Waals surface area contributed by atoms with E-state index in [1.54, 1.807) is 24.3 Å². The molecule has 1 fully saturated rings. The number of rotatable bonds is 5. The van der Waals surface area contributed by atoms with Crippen LogP contribution >= 0.6 is 0 Å². The topological polar surface area (TPSA) is 102 Å². The second-order valence-electron chi connectivity index (χ2n) is 7.27. The average Bonchev–Trinajstić information content (AvgIpc) is 2.99. The molecule has 0 radical (unpaired) electrons. The average molecular weight is 433 g/mol. The summed E-state index contributed by atoms with van der Waals surface area (Å²) in [5.41, 5.74) is 0.895. The molecule has 2 heterocycles. The van der Waals surface area contributed by atoms with Crippen LogP contribution in [0.4, 0.5) is 5.69 Å². The molecule has 0 unspecified atom stereocenters. The highest BCUT2D eigenvalue weighted by Crippen LogP contribution is 2.33. The molecule has 10 heteroatoms. The Morgan fingerprint density at radius 1 is 0.967 bits per heavy atom. The minimum atomic E-state index is -3.64. The fraction of sp³-hybridized carbons (Fsp3) is 0.400. The van der Waals surface area contributed by atoms with E-state index in [1.165, 1.54) is 16.4 Å². The van der Waals surface area contributed by atoms with E-state index in [-0.39, 0.29) is 10.6 Å². The van der Waals surface area contributed by atoms with Gasteiger partial charge in [0.25, 0.3) is 5.69 Å². The quantitative estimate of drug-likeness (QED) is 0.526. The van der Waals surface area contributed by atoms with E-state index < -0.39 is 14.9 Å². The van der Waals surface area contributed by atoms with E-state index in [4.69, 9.17) is 9.47 Å². The molecule has 0 aliphatic carbocycles. The molecular weight excluding hydrogens is 410 g/mol. The van der Waals surface area contributed by atoms with Crippen molar-refractivity contribution in [1.82, 2.24) is 9.21 Å². The lowest BCUT2D eigenvalue weighted by atomic mass is 10.2. The molecule has 0 saturated carbocycles. The van der Waals surface area contributed by atoms with Gasteiger partial charge in [0, 0.05) is 57.3 Å². The maximum atomic E-state index is 13.1. The lowest BCUT2D eigenvalue weighted by molar-refractivity contribution is -0.384. The number of nitro benzene ring substituents is 1. The van der Waals surface area contributed by atoms with E-state index in [1.807, 2.05) is 6.07 Å². The summed E-state index contributed by atoms with van der Waals surface area (Å²) in [4.78, 5) is 12.8. The van der Waals surface area contributed by atoms with Crippen molar-refractivity contribution in [3.05, 3.63) is 58.1 Å². The molecule has 0 amide bonds. The molecule has 2 aromatic rings. The van der Waals surface area contributed by atoms with Crippen LogP contribution in [0.2, 0.25) is 0 Å². The summed E-state index contributed by atoms with van der Waals surface area (Å²) in [7, 11) is -3.64. The van der Waals surface area contributed by atoms with Gasteiger partial charge in [-0.3, -0.25) is 15.0 Å². The Labute approximate surface area is 175 Å². The zero-order valence-electron chi connectivity index (χ0n) is 16.4. The summed E-state index contributed by atoms with van der Waals surface area (Å²) in [5, 5.41) is 10.9. The van der Waals surface area contributed by atoms with Crippen molar-refractivity contribution >= 4 is 15.7 Å². The Morgan fingerprint density at radius 3 is 2.43 bits per heavy atom. The standard InChI is InChI=1S/C20H23N3O6S/c24-23(25)17-4-1-3-16(13-17)15-21-7-9-22(10-8-21)30(26,27)18-5-6-19-20(14-18)29-12-2-11-28-19/h1,3-6,13-14H,2,7-12,15H2. The maximum absolute atomic E-state index is 13.1. The van der Waals surface area contributed by atoms with Gasteiger partial charge in [0.1, 0.15) is 0 Å². The number of piperazine rings is 1. The van der Waals surface area contributed by atoms with Gasteiger partial charge in [-0.1, -0.05) is 12.1 Å². The number of benzene rings is 2. The Kier molecular flexibility index (Phi) is 5.89. The molecule has 2 aliphatic rings. The van der Waals surface area contributed by atoms with Crippen LogP contribution in [0.5, 0.6) is 11.5 Å². The van der Waals surface area contributed by atoms with Crippen molar-refractivity contribution in [2.75, 3.05) is 39.4 Å². The minimum absolute atomic E-state index is 0.0584. The molecular formula is C20H23N3O6S. The summed E-state index contributed by atoms with van der Waals surface area (Å²) in [6.07, 6.45) is 0.753. The summed E-state index contributed by atoms with van der Waals surface area (Å²) in [5.74, 6) is 1.02. The van der Waals surface area contributed by atoms with Gasteiger partial charge in [-0.2, -0.15) is 4.31 Å². The molecule has 9 nitrogen and oxygen atoms in total. The second-order valence-corrected chi connectivity index (χ2v) is 9.20. The smallest absolute Gasteiger partial charge is 0.269 e. The van der Waals surface area contributed by atoms with Crippen LogP contribution < -0.4 is 9.47 Å². The van der Waals surface area contributed by atoms with Crippen molar-refractivity contribution in [1.29, 1.82) is 0 Å².